The Morgan fingerprint density at radius 1 is 1.22 bits per heavy atom. The van der Waals surface area contributed by atoms with Gasteiger partial charge in [0.15, 0.2) is 0 Å². The van der Waals surface area contributed by atoms with E-state index in [1.807, 2.05) is 0 Å². The van der Waals surface area contributed by atoms with Crippen LogP contribution < -0.4 is 5.32 Å². The Labute approximate surface area is 105 Å². The van der Waals surface area contributed by atoms with Gasteiger partial charge in [0, 0.05) is 0 Å². The zero-order valence-corrected chi connectivity index (χ0v) is 9.97. The van der Waals surface area contributed by atoms with Gasteiger partial charge in [-0.05, 0) is 31.0 Å². The number of carbonyl (C=O) groups is 1. The lowest BCUT2D eigenvalue weighted by Crippen LogP contribution is -2.45. The van der Waals surface area contributed by atoms with E-state index in [0.29, 0.717) is 6.42 Å². The molecule has 18 heavy (non-hydrogen) atoms. The van der Waals surface area contributed by atoms with E-state index < -0.39 is 12.0 Å². The first-order valence-corrected chi connectivity index (χ1v) is 6.09. The number of aromatic hydroxyl groups is 2. The van der Waals surface area contributed by atoms with Crippen molar-refractivity contribution in [3.63, 3.8) is 0 Å². The quantitative estimate of drug-likeness (QED) is 0.593. The number of hydrogen-bond acceptors (Lipinski definition) is 4. The van der Waals surface area contributed by atoms with Crippen molar-refractivity contribution in [2.75, 3.05) is 0 Å². The van der Waals surface area contributed by atoms with Crippen LogP contribution >= 0.6 is 0 Å². The number of benzene rings is 1. The fraction of sp³-hybridized carbons (Fsp3) is 0.462. The van der Waals surface area contributed by atoms with Crippen LogP contribution in [-0.2, 0) is 0 Å². The second-order valence-corrected chi connectivity index (χ2v) is 4.63. The van der Waals surface area contributed by atoms with Crippen molar-refractivity contribution in [1.82, 2.24) is 5.32 Å². The number of aliphatic hydroxyl groups is 1. The van der Waals surface area contributed by atoms with Crippen molar-refractivity contribution in [3.05, 3.63) is 23.8 Å². The van der Waals surface area contributed by atoms with Gasteiger partial charge < -0.3 is 20.6 Å². The Morgan fingerprint density at radius 2 is 1.94 bits per heavy atom. The lowest BCUT2D eigenvalue weighted by atomic mass is 9.92. The first-order valence-electron chi connectivity index (χ1n) is 6.09. The van der Waals surface area contributed by atoms with E-state index in [9.17, 15) is 20.1 Å². The van der Waals surface area contributed by atoms with E-state index >= 15 is 0 Å². The molecule has 1 amide bonds. The highest BCUT2D eigenvalue weighted by molar-refractivity contribution is 5.97. The minimum absolute atomic E-state index is 0.0211. The van der Waals surface area contributed by atoms with E-state index in [1.54, 1.807) is 0 Å². The second-order valence-electron chi connectivity index (χ2n) is 4.63. The first-order chi connectivity index (χ1) is 8.58. The molecular formula is C13H17NO4. The van der Waals surface area contributed by atoms with Crippen molar-refractivity contribution in [2.24, 2.45) is 0 Å². The molecule has 0 heterocycles. The highest BCUT2D eigenvalue weighted by Gasteiger charge is 2.25. The summed E-state index contributed by atoms with van der Waals surface area (Å²) in [5, 5.41) is 31.3. The van der Waals surface area contributed by atoms with Gasteiger partial charge in [-0.2, -0.15) is 0 Å². The Bertz CT molecular complexity index is 447. The average Bonchev–Trinajstić information content (AvgIpc) is 2.35. The molecule has 1 aromatic carbocycles. The number of phenols is 2. The van der Waals surface area contributed by atoms with Crippen LogP contribution in [0.1, 0.15) is 36.0 Å². The van der Waals surface area contributed by atoms with Gasteiger partial charge in [0.25, 0.3) is 5.91 Å². The van der Waals surface area contributed by atoms with Crippen molar-refractivity contribution in [1.29, 1.82) is 0 Å². The number of rotatable bonds is 2. The van der Waals surface area contributed by atoms with Gasteiger partial charge >= 0.3 is 0 Å². The highest BCUT2D eigenvalue weighted by atomic mass is 16.3. The van der Waals surface area contributed by atoms with E-state index in [1.165, 1.54) is 18.2 Å². The summed E-state index contributed by atoms with van der Waals surface area (Å²) >= 11 is 0. The molecule has 0 aliphatic heterocycles. The Balaban J connectivity index is 2.09. The fourth-order valence-electron chi connectivity index (χ4n) is 2.23. The highest BCUT2D eigenvalue weighted by Crippen LogP contribution is 2.23. The van der Waals surface area contributed by atoms with Gasteiger partial charge in [-0.15, -0.1) is 0 Å². The van der Waals surface area contributed by atoms with Crippen LogP contribution in [0.4, 0.5) is 0 Å². The van der Waals surface area contributed by atoms with Crippen LogP contribution in [0.15, 0.2) is 18.2 Å². The molecule has 1 saturated carbocycles. The summed E-state index contributed by atoms with van der Waals surface area (Å²) in [5.74, 6) is -0.743. The average molecular weight is 251 g/mol. The molecule has 2 atom stereocenters. The molecule has 5 heteroatoms. The van der Waals surface area contributed by atoms with Gasteiger partial charge in [0.05, 0.1) is 17.7 Å². The zero-order valence-electron chi connectivity index (χ0n) is 9.97. The molecule has 1 aliphatic rings. The first kappa shape index (κ1) is 12.7. The maximum atomic E-state index is 11.9. The molecule has 0 bridgehead atoms. The Morgan fingerprint density at radius 3 is 2.67 bits per heavy atom. The molecule has 98 valence electrons. The molecule has 1 fully saturated rings. The maximum absolute atomic E-state index is 11.9. The van der Waals surface area contributed by atoms with E-state index in [0.717, 1.165) is 19.3 Å². The SMILES string of the molecule is O=C(N[C@H]1CCCC[C@@H]1O)c1cc(O)ccc1O. The normalized spacial score (nSPS) is 23.6. The van der Waals surface area contributed by atoms with Gasteiger partial charge in [-0.3, -0.25) is 4.79 Å². The van der Waals surface area contributed by atoms with Crippen LogP contribution in [0.2, 0.25) is 0 Å². The summed E-state index contributed by atoms with van der Waals surface area (Å²) in [7, 11) is 0. The third-order valence-corrected chi connectivity index (χ3v) is 3.27. The van der Waals surface area contributed by atoms with Gasteiger partial charge in [-0.1, -0.05) is 12.8 Å². The Hall–Kier alpha value is -1.75. The topological polar surface area (TPSA) is 89.8 Å². The predicted octanol–water partition coefficient (Wildman–Crippen LogP) is 1.13. The third-order valence-electron chi connectivity index (χ3n) is 3.27. The number of nitrogens with one attached hydrogen (secondary N) is 1. The molecule has 0 saturated heterocycles. The van der Waals surface area contributed by atoms with Crippen molar-refractivity contribution < 1.29 is 20.1 Å². The van der Waals surface area contributed by atoms with Crippen molar-refractivity contribution >= 4 is 5.91 Å². The molecule has 5 nitrogen and oxygen atoms in total. The van der Waals surface area contributed by atoms with E-state index in [2.05, 4.69) is 5.32 Å². The lowest BCUT2D eigenvalue weighted by molar-refractivity contribution is 0.0715. The molecule has 1 aliphatic carbocycles. The summed E-state index contributed by atoms with van der Waals surface area (Å²) in [6.45, 7) is 0. The Kier molecular flexibility index (Phi) is 3.72. The molecule has 0 aromatic heterocycles. The largest absolute Gasteiger partial charge is 0.508 e. The standard InChI is InChI=1S/C13H17NO4/c15-8-5-6-11(16)9(7-8)13(18)14-10-3-1-2-4-12(10)17/h5-7,10,12,15-17H,1-4H2,(H,14,18)/t10-,12-/m0/s1. The molecule has 1 aromatic rings. The molecule has 2 rings (SSSR count). The van der Waals surface area contributed by atoms with Crippen LogP contribution in [-0.4, -0.2) is 33.4 Å². The van der Waals surface area contributed by atoms with E-state index in [-0.39, 0.29) is 23.1 Å². The number of hydrogen-bond donors (Lipinski definition) is 4. The molecular weight excluding hydrogens is 234 g/mol. The zero-order chi connectivity index (χ0) is 13.1. The minimum Gasteiger partial charge on any atom is -0.508 e. The lowest BCUT2D eigenvalue weighted by Gasteiger charge is -2.28. The second kappa shape index (κ2) is 5.27. The number of aliphatic hydroxyl groups excluding tert-OH is 1. The van der Waals surface area contributed by atoms with Crippen LogP contribution in [0.25, 0.3) is 0 Å². The van der Waals surface area contributed by atoms with Crippen molar-refractivity contribution in [2.45, 2.75) is 37.8 Å². The summed E-state index contributed by atoms with van der Waals surface area (Å²) in [5.41, 5.74) is 0.0211. The number of carbonyl (C=O) groups excluding carboxylic acids is 1. The smallest absolute Gasteiger partial charge is 0.255 e. The van der Waals surface area contributed by atoms with Crippen molar-refractivity contribution in [3.8, 4) is 11.5 Å². The summed E-state index contributed by atoms with van der Waals surface area (Å²) < 4.78 is 0. The van der Waals surface area contributed by atoms with Crippen LogP contribution in [0.5, 0.6) is 11.5 Å². The number of amides is 1. The number of phenolic OH excluding ortho intramolecular Hbond substituents is 2. The van der Waals surface area contributed by atoms with E-state index in [4.69, 9.17) is 0 Å². The van der Waals surface area contributed by atoms with Crippen LogP contribution in [0, 0.1) is 0 Å². The molecule has 0 radical (unpaired) electrons. The summed E-state index contributed by atoms with van der Waals surface area (Å²) in [6, 6.07) is 3.50. The maximum Gasteiger partial charge on any atom is 0.255 e. The predicted molar refractivity (Wildman–Crippen MR) is 65.5 cm³/mol. The van der Waals surface area contributed by atoms with Gasteiger partial charge in [-0.25, -0.2) is 0 Å². The van der Waals surface area contributed by atoms with Crippen LogP contribution in [0.3, 0.4) is 0 Å². The summed E-state index contributed by atoms with van der Waals surface area (Å²) in [4.78, 5) is 11.9. The monoisotopic (exact) mass is 251 g/mol. The fourth-order valence-corrected chi connectivity index (χ4v) is 2.23. The molecule has 0 spiro atoms. The van der Waals surface area contributed by atoms with Gasteiger partial charge in [0.1, 0.15) is 11.5 Å². The van der Waals surface area contributed by atoms with Gasteiger partial charge in [0.2, 0.25) is 0 Å². The molecule has 4 N–H and O–H groups in total. The summed E-state index contributed by atoms with van der Waals surface area (Å²) in [6.07, 6.45) is 2.80. The third kappa shape index (κ3) is 2.73. The molecule has 0 unspecified atom stereocenters. The minimum atomic E-state index is -0.540.